The summed E-state index contributed by atoms with van der Waals surface area (Å²) >= 11 is 21.5. The Bertz CT molecular complexity index is 620. The zero-order chi connectivity index (χ0) is 14.0. The van der Waals surface area contributed by atoms with Crippen LogP contribution in [0.4, 0.5) is 0 Å². The minimum Gasteiger partial charge on any atom is -0.294 e. The van der Waals surface area contributed by atoms with Crippen LogP contribution in [0.3, 0.4) is 0 Å². The molecule has 1 nitrogen and oxygen atoms in total. The maximum atomic E-state index is 12.3. The molecule has 2 rings (SSSR count). The van der Waals surface area contributed by atoms with Crippen molar-refractivity contribution in [2.45, 2.75) is 6.42 Å². The normalized spacial score (nSPS) is 10.5. The van der Waals surface area contributed by atoms with Gasteiger partial charge in [0.05, 0.1) is 5.02 Å². The predicted octanol–water partition coefficient (Wildman–Crippen LogP) is 5.83. The first-order chi connectivity index (χ1) is 9.00. The van der Waals surface area contributed by atoms with Gasteiger partial charge in [-0.05, 0) is 45.8 Å². The number of rotatable bonds is 3. The van der Waals surface area contributed by atoms with E-state index >= 15 is 0 Å². The second-order valence-corrected chi connectivity index (χ2v) is 5.95. The van der Waals surface area contributed by atoms with Gasteiger partial charge in [0.25, 0.3) is 0 Å². The Morgan fingerprint density at radius 3 is 2.21 bits per heavy atom. The fraction of sp³-hybridized carbons (Fsp3) is 0.0714. The third-order valence-corrected chi connectivity index (χ3v) is 4.66. The standard InChI is InChI=1S/C14H8BrCl3O/c15-10-4-1-3-8(14(10)18)13(19)7-9-11(16)5-2-6-12(9)17/h1-6H,7H2. The Balaban J connectivity index is 2.34. The van der Waals surface area contributed by atoms with Crippen molar-refractivity contribution in [3.8, 4) is 0 Å². The van der Waals surface area contributed by atoms with Crippen LogP contribution in [0.1, 0.15) is 15.9 Å². The highest BCUT2D eigenvalue weighted by Crippen LogP contribution is 2.29. The molecule has 0 aromatic heterocycles. The van der Waals surface area contributed by atoms with Crippen molar-refractivity contribution < 1.29 is 4.79 Å². The van der Waals surface area contributed by atoms with E-state index in [4.69, 9.17) is 34.8 Å². The van der Waals surface area contributed by atoms with E-state index in [2.05, 4.69) is 15.9 Å². The number of hydrogen-bond donors (Lipinski definition) is 0. The number of carbonyl (C=O) groups excluding carboxylic acids is 1. The van der Waals surface area contributed by atoms with Crippen molar-refractivity contribution in [2.24, 2.45) is 0 Å². The van der Waals surface area contributed by atoms with E-state index in [0.717, 1.165) is 0 Å². The topological polar surface area (TPSA) is 17.1 Å². The minimum absolute atomic E-state index is 0.120. The van der Waals surface area contributed by atoms with E-state index in [-0.39, 0.29) is 12.2 Å². The van der Waals surface area contributed by atoms with Crippen LogP contribution >= 0.6 is 50.7 Å². The quantitative estimate of drug-likeness (QED) is 0.614. The van der Waals surface area contributed by atoms with Crippen LogP contribution in [0.25, 0.3) is 0 Å². The fourth-order valence-corrected chi connectivity index (χ4v) is 2.80. The first-order valence-electron chi connectivity index (χ1n) is 5.41. The second-order valence-electron chi connectivity index (χ2n) is 3.90. The molecule has 0 unspecified atom stereocenters. The molecule has 0 atom stereocenters. The lowest BCUT2D eigenvalue weighted by molar-refractivity contribution is 0.0993. The van der Waals surface area contributed by atoms with Gasteiger partial charge in [0.2, 0.25) is 0 Å². The summed E-state index contributed by atoms with van der Waals surface area (Å²) in [6.45, 7) is 0. The van der Waals surface area contributed by atoms with Gasteiger partial charge in [-0.2, -0.15) is 0 Å². The summed E-state index contributed by atoms with van der Waals surface area (Å²) in [5.74, 6) is -0.124. The van der Waals surface area contributed by atoms with Gasteiger partial charge in [-0.15, -0.1) is 0 Å². The molecular weight excluding hydrogens is 370 g/mol. The lowest BCUT2D eigenvalue weighted by Gasteiger charge is -2.08. The lowest BCUT2D eigenvalue weighted by atomic mass is 10.0. The highest BCUT2D eigenvalue weighted by Gasteiger charge is 2.16. The molecule has 0 aliphatic rings. The molecular formula is C14H8BrCl3O. The number of Topliss-reactive ketones (excluding diaryl/α,β-unsaturated/α-hetero) is 1. The van der Waals surface area contributed by atoms with E-state index in [1.807, 2.05) is 0 Å². The zero-order valence-electron chi connectivity index (χ0n) is 9.59. The van der Waals surface area contributed by atoms with Crippen LogP contribution in [0, 0.1) is 0 Å². The Morgan fingerprint density at radius 2 is 1.58 bits per heavy atom. The zero-order valence-corrected chi connectivity index (χ0v) is 13.4. The molecule has 0 heterocycles. The van der Waals surface area contributed by atoms with Crippen LogP contribution in [0.2, 0.25) is 15.1 Å². The Labute approximate surface area is 134 Å². The smallest absolute Gasteiger partial charge is 0.168 e. The molecule has 2 aromatic rings. The summed E-state index contributed by atoms with van der Waals surface area (Å²) in [6.07, 6.45) is 0.120. The largest absolute Gasteiger partial charge is 0.294 e. The summed E-state index contributed by atoms with van der Waals surface area (Å²) < 4.78 is 0.685. The molecule has 0 bridgehead atoms. The molecule has 5 heteroatoms. The van der Waals surface area contributed by atoms with Crippen LogP contribution in [0.15, 0.2) is 40.9 Å². The Hall–Kier alpha value is -0.540. The molecule has 2 aromatic carbocycles. The number of ketones is 1. The highest BCUT2D eigenvalue weighted by molar-refractivity contribution is 9.10. The third-order valence-electron chi connectivity index (χ3n) is 2.65. The molecule has 0 saturated carbocycles. The monoisotopic (exact) mass is 376 g/mol. The Morgan fingerprint density at radius 1 is 1.00 bits per heavy atom. The average Bonchev–Trinajstić information content (AvgIpc) is 2.37. The van der Waals surface area contributed by atoms with Crippen LogP contribution in [0.5, 0.6) is 0 Å². The second kappa shape index (κ2) is 6.27. The lowest BCUT2D eigenvalue weighted by Crippen LogP contribution is -2.05. The molecule has 0 N–H and O–H groups in total. The van der Waals surface area contributed by atoms with E-state index in [1.54, 1.807) is 36.4 Å². The first-order valence-corrected chi connectivity index (χ1v) is 7.33. The summed E-state index contributed by atoms with van der Waals surface area (Å²) in [5, 5.41) is 1.36. The molecule has 0 aliphatic carbocycles. The van der Waals surface area contributed by atoms with Gasteiger partial charge in [-0.3, -0.25) is 4.79 Å². The van der Waals surface area contributed by atoms with E-state index in [1.165, 1.54) is 0 Å². The van der Waals surface area contributed by atoms with Crippen molar-refractivity contribution in [3.05, 3.63) is 67.1 Å². The Kier molecular flexibility index (Phi) is 4.91. The number of carbonyl (C=O) groups is 1. The molecule has 0 saturated heterocycles. The maximum Gasteiger partial charge on any atom is 0.168 e. The van der Waals surface area contributed by atoms with E-state index in [0.29, 0.717) is 30.7 Å². The number of halogens is 4. The SMILES string of the molecule is O=C(Cc1c(Cl)cccc1Cl)c1cccc(Br)c1Cl. The van der Waals surface area contributed by atoms with Crippen LogP contribution < -0.4 is 0 Å². The van der Waals surface area contributed by atoms with Crippen molar-refractivity contribution in [1.82, 2.24) is 0 Å². The van der Waals surface area contributed by atoms with Gasteiger partial charge >= 0.3 is 0 Å². The molecule has 98 valence electrons. The van der Waals surface area contributed by atoms with Gasteiger partial charge in [0, 0.05) is 26.5 Å². The molecule has 0 amide bonds. The van der Waals surface area contributed by atoms with Crippen molar-refractivity contribution in [1.29, 1.82) is 0 Å². The van der Waals surface area contributed by atoms with Crippen LogP contribution in [-0.2, 0) is 6.42 Å². The molecule has 0 spiro atoms. The third kappa shape index (κ3) is 3.32. The average molecular weight is 378 g/mol. The maximum absolute atomic E-state index is 12.3. The predicted molar refractivity (Wildman–Crippen MR) is 83.6 cm³/mol. The van der Waals surface area contributed by atoms with Gasteiger partial charge in [0.1, 0.15) is 0 Å². The van der Waals surface area contributed by atoms with E-state index < -0.39 is 0 Å². The highest BCUT2D eigenvalue weighted by atomic mass is 79.9. The minimum atomic E-state index is -0.124. The number of benzene rings is 2. The van der Waals surface area contributed by atoms with Crippen molar-refractivity contribution >= 4 is 56.5 Å². The van der Waals surface area contributed by atoms with Gasteiger partial charge in [-0.25, -0.2) is 0 Å². The molecule has 0 aliphatic heterocycles. The van der Waals surface area contributed by atoms with Crippen molar-refractivity contribution in [3.63, 3.8) is 0 Å². The molecule has 19 heavy (non-hydrogen) atoms. The summed E-state index contributed by atoms with van der Waals surface area (Å²) in [7, 11) is 0. The first kappa shape index (κ1) is 14.9. The van der Waals surface area contributed by atoms with Gasteiger partial charge < -0.3 is 0 Å². The van der Waals surface area contributed by atoms with Crippen LogP contribution in [-0.4, -0.2) is 5.78 Å². The van der Waals surface area contributed by atoms with Gasteiger partial charge in [-0.1, -0.05) is 46.9 Å². The van der Waals surface area contributed by atoms with Gasteiger partial charge in [0.15, 0.2) is 5.78 Å². The molecule has 0 radical (unpaired) electrons. The summed E-state index contributed by atoms with van der Waals surface area (Å²) in [6, 6.07) is 10.4. The van der Waals surface area contributed by atoms with Crippen molar-refractivity contribution in [2.75, 3.05) is 0 Å². The summed E-state index contributed by atoms with van der Waals surface area (Å²) in [5.41, 5.74) is 1.07. The summed E-state index contributed by atoms with van der Waals surface area (Å²) in [4.78, 5) is 12.3. The van der Waals surface area contributed by atoms with E-state index in [9.17, 15) is 4.79 Å². The number of hydrogen-bond acceptors (Lipinski definition) is 1. The molecule has 0 fully saturated rings. The fourth-order valence-electron chi connectivity index (χ4n) is 1.68.